The maximum Gasteiger partial charge on any atom is 0.150 e. The Kier molecular flexibility index (Phi) is 8.11. The molecule has 2 aliphatic heterocycles. The zero-order valence-corrected chi connectivity index (χ0v) is 27.2. The number of rotatable bonds is 8. The predicted molar refractivity (Wildman–Crippen MR) is 174 cm³/mol. The van der Waals surface area contributed by atoms with Crippen molar-refractivity contribution < 1.29 is 14.2 Å². The molecular formula is C34H36Cl2N6O3. The van der Waals surface area contributed by atoms with Gasteiger partial charge in [0.1, 0.15) is 35.0 Å². The van der Waals surface area contributed by atoms with Crippen LogP contribution in [0, 0.1) is 18.3 Å². The third kappa shape index (κ3) is 5.74. The van der Waals surface area contributed by atoms with Crippen molar-refractivity contribution in [3.05, 3.63) is 63.5 Å². The Morgan fingerprint density at radius 3 is 2.62 bits per heavy atom. The van der Waals surface area contributed by atoms with E-state index in [-0.39, 0.29) is 11.8 Å². The van der Waals surface area contributed by atoms with Crippen LogP contribution in [-0.4, -0.2) is 51.1 Å². The molecule has 2 saturated heterocycles. The van der Waals surface area contributed by atoms with E-state index in [2.05, 4.69) is 22.9 Å². The number of fused-ring (bicyclic) bond motifs is 1. The van der Waals surface area contributed by atoms with Gasteiger partial charge in [0.05, 0.1) is 46.0 Å². The first-order valence-corrected chi connectivity index (χ1v) is 16.4. The summed E-state index contributed by atoms with van der Waals surface area (Å²) < 4.78 is 20.8. The molecule has 0 amide bonds. The summed E-state index contributed by atoms with van der Waals surface area (Å²) >= 11 is 13.1. The van der Waals surface area contributed by atoms with Crippen LogP contribution < -0.4 is 9.64 Å². The minimum Gasteiger partial charge on any atom is -0.486 e. The zero-order chi connectivity index (χ0) is 31.3. The summed E-state index contributed by atoms with van der Waals surface area (Å²) in [6, 6.07) is 10.2. The number of nitrogens with zero attached hydrogens (tertiary/aromatic N) is 6. The molecule has 3 aliphatic rings. The number of nitriles is 1. The van der Waals surface area contributed by atoms with E-state index in [0.29, 0.717) is 69.9 Å². The molecule has 234 valence electrons. The topological polar surface area (TPSA) is 98.3 Å². The van der Waals surface area contributed by atoms with Gasteiger partial charge < -0.3 is 19.1 Å². The lowest BCUT2D eigenvalue weighted by atomic mass is 9.91. The summed E-state index contributed by atoms with van der Waals surface area (Å²) in [5, 5.41) is 17.1. The molecule has 4 aromatic rings. The summed E-state index contributed by atoms with van der Waals surface area (Å²) in [6.07, 6.45) is 9.66. The summed E-state index contributed by atoms with van der Waals surface area (Å²) in [4.78, 5) is 11.2. The Balaban J connectivity index is 1.22. The van der Waals surface area contributed by atoms with E-state index in [1.807, 2.05) is 49.0 Å². The highest BCUT2D eigenvalue weighted by atomic mass is 35.5. The number of ether oxygens (including phenoxy) is 3. The number of hydrogen-bond donors (Lipinski definition) is 0. The molecule has 11 heteroatoms. The van der Waals surface area contributed by atoms with Crippen molar-refractivity contribution in [2.45, 2.75) is 83.3 Å². The van der Waals surface area contributed by atoms with Crippen molar-refractivity contribution in [1.82, 2.24) is 19.7 Å². The first-order chi connectivity index (χ1) is 21.7. The standard InChI is InChI=1S/C34H36Cl2N6O3/c1-20-31(36)30(27(35)17-38-20)21(2)44-25-10-11-28-26(14-25)32(40-42(28)29-9-4-5-12-43-29)23-13-22(15-37)33(39-16-23)41-18-34(3,19-41)45-24-7-6-8-24/h10-11,13-14,16-17,21,24,29H,4-9,12,18-19H2,1-3H3/t21-,29?/m1/s1. The minimum atomic E-state index is -0.425. The van der Waals surface area contributed by atoms with Crippen molar-refractivity contribution in [2.24, 2.45) is 0 Å². The van der Waals surface area contributed by atoms with Crippen molar-refractivity contribution in [1.29, 1.82) is 5.26 Å². The fraction of sp³-hybridized carbons (Fsp3) is 0.471. The van der Waals surface area contributed by atoms with Gasteiger partial charge in [0.2, 0.25) is 0 Å². The Hall–Kier alpha value is -3.42. The molecule has 1 aromatic carbocycles. The Bertz CT molecular complexity index is 1790. The lowest BCUT2D eigenvalue weighted by Gasteiger charge is -2.51. The molecule has 3 aromatic heterocycles. The van der Waals surface area contributed by atoms with Gasteiger partial charge in [-0.25, -0.2) is 9.67 Å². The summed E-state index contributed by atoms with van der Waals surface area (Å²) in [5.74, 6) is 1.31. The maximum atomic E-state index is 10.2. The molecule has 9 nitrogen and oxygen atoms in total. The maximum absolute atomic E-state index is 10.2. The molecule has 1 aliphatic carbocycles. The fourth-order valence-electron chi connectivity index (χ4n) is 6.56. The molecule has 45 heavy (non-hydrogen) atoms. The normalized spacial score (nSPS) is 20.4. The van der Waals surface area contributed by atoms with Crippen LogP contribution in [0.15, 0.2) is 36.7 Å². The van der Waals surface area contributed by atoms with E-state index < -0.39 is 6.10 Å². The second kappa shape index (κ2) is 12.1. The Morgan fingerprint density at radius 1 is 1.09 bits per heavy atom. The number of anilines is 1. The van der Waals surface area contributed by atoms with Gasteiger partial charge in [-0.05, 0) is 83.6 Å². The highest BCUT2D eigenvalue weighted by Crippen LogP contribution is 2.40. The second-order valence-electron chi connectivity index (χ2n) is 12.7. The number of aryl methyl sites for hydroxylation is 1. The Labute approximate surface area is 273 Å². The molecule has 3 fully saturated rings. The van der Waals surface area contributed by atoms with E-state index in [9.17, 15) is 5.26 Å². The van der Waals surface area contributed by atoms with Crippen LogP contribution in [0.25, 0.3) is 22.2 Å². The van der Waals surface area contributed by atoms with E-state index in [1.54, 1.807) is 6.20 Å². The highest BCUT2D eigenvalue weighted by Gasteiger charge is 2.44. The van der Waals surface area contributed by atoms with Crippen LogP contribution in [0.3, 0.4) is 0 Å². The van der Waals surface area contributed by atoms with Gasteiger partial charge in [-0.1, -0.05) is 23.2 Å². The average Bonchev–Trinajstić information content (AvgIpc) is 3.39. The first kappa shape index (κ1) is 30.2. The van der Waals surface area contributed by atoms with Crippen LogP contribution >= 0.6 is 23.2 Å². The molecule has 5 heterocycles. The number of halogens is 2. The zero-order valence-electron chi connectivity index (χ0n) is 25.7. The van der Waals surface area contributed by atoms with Crippen LogP contribution in [-0.2, 0) is 9.47 Å². The van der Waals surface area contributed by atoms with Crippen molar-refractivity contribution >= 4 is 39.9 Å². The lowest BCUT2D eigenvalue weighted by Crippen LogP contribution is -2.63. The monoisotopic (exact) mass is 646 g/mol. The summed E-state index contributed by atoms with van der Waals surface area (Å²) in [6.45, 7) is 8.02. The average molecular weight is 648 g/mol. The fourth-order valence-corrected chi connectivity index (χ4v) is 7.21. The number of benzene rings is 1. The van der Waals surface area contributed by atoms with Gasteiger partial charge >= 0.3 is 0 Å². The molecule has 1 unspecified atom stereocenters. The summed E-state index contributed by atoms with van der Waals surface area (Å²) in [7, 11) is 0. The van der Waals surface area contributed by atoms with Gasteiger partial charge in [-0.3, -0.25) is 4.98 Å². The van der Waals surface area contributed by atoms with Crippen molar-refractivity contribution in [3.8, 4) is 23.1 Å². The van der Waals surface area contributed by atoms with E-state index in [0.717, 1.165) is 48.6 Å². The van der Waals surface area contributed by atoms with E-state index in [4.69, 9.17) is 47.5 Å². The van der Waals surface area contributed by atoms with Gasteiger partial charge in [0.25, 0.3) is 0 Å². The van der Waals surface area contributed by atoms with Crippen LogP contribution in [0.5, 0.6) is 5.75 Å². The van der Waals surface area contributed by atoms with Gasteiger partial charge in [0, 0.05) is 35.5 Å². The molecule has 0 spiro atoms. The first-order valence-electron chi connectivity index (χ1n) is 15.7. The number of pyridine rings is 2. The molecule has 0 N–H and O–H groups in total. The van der Waals surface area contributed by atoms with Crippen LogP contribution in [0.1, 0.15) is 81.5 Å². The highest BCUT2D eigenvalue weighted by molar-refractivity contribution is 6.36. The minimum absolute atomic E-state index is 0.171. The van der Waals surface area contributed by atoms with Crippen molar-refractivity contribution in [2.75, 3.05) is 24.6 Å². The second-order valence-corrected chi connectivity index (χ2v) is 13.4. The lowest BCUT2D eigenvalue weighted by molar-refractivity contribution is -0.124. The van der Waals surface area contributed by atoms with Gasteiger partial charge in [-0.15, -0.1) is 0 Å². The third-order valence-corrected chi connectivity index (χ3v) is 9.90. The Morgan fingerprint density at radius 2 is 1.91 bits per heavy atom. The third-order valence-electron chi connectivity index (χ3n) is 9.12. The SMILES string of the molecule is Cc1ncc(Cl)c([C@@H](C)Oc2ccc3c(c2)c(-c2cnc(N4CC(C)(OC5CCC5)C4)c(C#N)c2)nn3C2CCCCO2)c1Cl. The van der Waals surface area contributed by atoms with Gasteiger partial charge in [-0.2, -0.15) is 10.4 Å². The van der Waals surface area contributed by atoms with E-state index >= 15 is 0 Å². The smallest absolute Gasteiger partial charge is 0.150 e. The van der Waals surface area contributed by atoms with Crippen LogP contribution in [0.2, 0.25) is 10.0 Å². The number of aromatic nitrogens is 4. The molecule has 0 bridgehead atoms. The predicted octanol–water partition coefficient (Wildman–Crippen LogP) is 7.97. The van der Waals surface area contributed by atoms with Crippen molar-refractivity contribution in [3.63, 3.8) is 0 Å². The van der Waals surface area contributed by atoms with Gasteiger partial charge in [0.15, 0.2) is 6.23 Å². The molecule has 0 radical (unpaired) electrons. The molecule has 2 atom stereocenters. The quantitative estimate of drug-likeness (QED) is 0.190. The number of hydrogen-bond acceptors (Lipinski definition) is 8. The van der Waals surface area contributed by atoms with E-state index in [1.165, 1.54) is 6.42 Å². The summed E-state index contributed by atoms with van der Waals surface area (Å²) in [5.41, 5.74) is 4.07. The molecule has 7 rings (SSSR count). The molecule has 1 saturated carbocycles. The van der Waals surface area contributed by atoms with Crippen LogP contribution in [0.4, 0.5) is 5.82 Å². The largest absolute Gasteiger partial charge is 0.486 e. The molecular weight excluding hydrogens is 611 g/mol.